The van der Waals surface area contributed by atoms with Gasteiger partial charge in [0, 0.05) is 10.2 Å². The summed E-state index contributed by atoms with van der Waals surface area (Å²) in [4.78, 5) is 0. The molecule has 1 fully saturated rings. The quantitative estimate of drug-likeness (QED) is 0.460. The first-order chi connectivity index (χ1) is 5.84. The second kappa shape index (κ2) is 3.29. The van der Waals surface area contributed by atoms with Crippen molar-refractivity contribution < 1.29 is 9.47 Å². The molecule has 1 aromatic carbocycles. The van der Waals surface area contributed by atoms with Crippen LogP contribution in [0, 0.1) is 0 Å². The fourth-order valence-electron chi connectivity index (χ4n) is 0.988. The van der Waals surface area contributed by atoms with E-state index in [9.17, 15) is 0 Å². The Bertz CT molecular complexity index is 254. The van der Waals surface area contributed by atoms with Gasteiger partial charge in [0.25, 0.3) is 0 Å². The number of hydrogen-bond donors (Lipinski definition) is 0. The molecule has 0 spiro atoms. The first-order valence-electron chi connectivity index (χ1n) is 4.16. The standard InChI is InChI=1S/C9H12O2Si/c12-9-3-1-7(2-4-9)10-5-8-6-11-8/h1-4,8H,5-6H2,12H3. The molecule has 0 radical (unpaired) electrons. The van der Waals surface area contributed by atoms with Crippen LogP contribution in [0.2, 0.25) is 0 Å². The molecule has 0 aromatic heterocycles. The van der Waals surface area contributed by atoms with Gasteiger partial charge in [0.05, 0.1) is 6.61 Å². The molecule has 1 aliphatic heterocycles. The van der Waals surface area contributed by atoms with Crippen LogP contribution >= 0.6 is 0 Å². The van der Waals surface area contributed by atoms with Crippen LogP contribution in [-0.2, 0) is 4.74 Å². The number of epoxide rings is 1. The topological polar surface area (TPSA) is 21.8 Å². The smallest absolute Gasteiger partial charge is 0.119 e. The minimum atomic E-state index is 0.348. The lowest BCUT2D eigenvalue weighted by Gasteiger charge is -2.03. The number of benzene rings is 1. The van der Waals surface area contributed by atoms with Crippen LogP contribution in [0.1, 0.15) is 0 Å². The van der Waals surface area contributed by atoms with E-state index in [-0.39, 0.29) is 0 Å². The van der Waals surface area contributed by atoms with Crippen molar-refractivity contribution in [2.45, 2.75) is 6.10 Å². The normalized spacial score (nSPS) is 20.8. The molecule has 12 heavy (non-hydrogen) atoms. The molecule has 0 amide bonds. The van der Waals surface area contributed by atoms with Gasteiger partial charge in [-0.1, -0.05) is 17.3 Å². The van der Waals surface area contributed by atoms with Crippen molar-refractivity contribution in [1.82, 2.24) is 0 Å². The Morgan fingerprint density at radius 2 is 2.08 bits per heavy atom. The summed E-state index contributed by atoms with van der Waals surface area (Å²) in [6.07, 6.45) is 0.348. The summed E-state index contributed by atoms with van der Waals surface area (Å²) in [6.45, 7) is 1.55. The summed E-state index contributed by atoms with van der Waals surface area (Å²) in [5.41, 5.74) is 0. The highest BCUT2D eigenvalue weighted by Crippen LogP contribution is 2.13. The Kier molecular flexibility index (Phi) is 2.14. The molecule has 1 heterocycles. The molecule has 1 unspecified atom stereocenters. The lowest BCUT2D eigenvalue weighted by Crippen LogP contribution is -2.05. The fourth-order valence-corrected chi connectivity index (χ4v) is 1.32. The fraction of sp³-hybridized carbons (Fsp3) is 0.333. The molecule has 3 heteroatoms. The van der Waals surface area contributed by atoms with Gasteiger partial charge in [0.15, 0.2) is 0 Å². The van der Waals surface area contributed by atoms with E-state index >= 15 is 0 Å². The van der Waals surface area contributed by atoms with Crippen molar-refractivity contribution in [2.75, 3.05) is 13.2 Å². The molecule has 64 valence electrons. The Hall–Kier alpha value is -0.803. The zero-order valence-electron chi connectivity index (χ0n) is 7.12. The largest absolute Gasteiger partial charge is 0.491 e. The molecule has 0 N–H and O–H groups in total. The Morgan fingerprint density at radius 3 is 2.67 bits per heavy atom. The number of ether oxygens (including phenoxy) is 2. The average molecular weight is 180 g/mol. The van der Waals surface area contributed by atoms with Crippen molar-refractivity contribution in [3.63, 3.8) is 0 Å². The molecule has 0 aliphatic carbocycles. The minimum absolute atomic E-state index is 0.348. The van der Waals surface area contributed by atoms with Gasteiger partial charge in [-0.25, -0.2) is 0 Å². The maximum absolute atomic E-state index is 5.48. The van der Waals surface area contributed by atoms with Crippen LogP contribution in [0.25, 0.3) is 0 Å². The number of rotatable bonds is 3. The average Bonchev–Trinajstić information content (AvgIpc) is 2.87. The summed E-state index contributed by atoms with van der Waals surface area (Å²) < 4.78 is 10.5. The van der Waals surface area contributed by atoms with Crippen LogP contribution in [0.15, 0.2) is 24.3 Å². The van der Waals surface area contributed by atoms with Gasteiger partial charge in [-0.3, -0.25) is 0 Å². The molecule has 0 saturated carbocycles. The van der Waals surface area contributed by atoms with Gasteiger partial charge in [-0.05, 0) is 12.1 Å². The van der Waals surface area contributed by atoms with E-state index in [2.05, 4.69) is 12.1 Å². The summed E-state index contributed by atoms with van der Waals surface area (Å²) >= 11 is 0. The molecule has 1 aromatic rings. The second-order valence-corrected chi connectivity index (χ2v) is 4.23. The third-order valence-electron chi connectivity index (χ3n) is 1.86. The van der Waals surface area contributed by atoms with Gasteiger partial charge >= 0.3 is 0 Å². The summed E-state index contributed by atoms with van der Waals surface area (Å²) in [5, 5.41) is 1.39. The third-order valence-corrected chi connectivity index (χ3v) is 2.53. The van der Waals surface area contributed by atoms with E-state index in [0.29, 0.717) is 12.7 Å². The van der Waals surface area contributed by atoms with Crippen LogP contribution < -0.4 is 9.92 Å². The highest BCUT2D eigenvalue weighted by Gasteiger charge is 2.22. The Balaban J connectivity index is 1.89. The van der Waals surface area contributed by atoms with Gasteiger partial charge in [0.1, 0.15) is 18.5 Å². The molecule has 1 aliphatic rings. The summed E-state index contributed by atoms with van der Waals surface area (Å²) in [7, 11) is 1.10. The SMILES string of the molecule is [SiH3]c1ccc(OCC2CO2)cc1. The molecule has 1 saturated heterocycles. The maximum Gasteiger partial charge on any atom is 0.119 e. The second-order valence-electron chi connectivity index (χ2n) is 3.08. The number of hydrogen-bond acceptors (Lipinski definition) is 2. The zero-order chi connectivity index (χ0) is 8.39. The van der Waals surface area contributed by atoms with Crippen LogP contribution in [0.4, 0.5) is 0 Å². The van der Waals surface area contributed by atoms with E-state index in [1.165, 1.54) is 5.19 Å². The van der Waals surface area contributed by atoms with E-state index in [1.807, 2.05) is 12.1 Å². The van der Waals surface area contributed by atoms with E-state index in [0.717, 1.165) is 22.6 Å². The van der Waals surface area contributed by atoms with Crippen molar-refractivity contribution in [2.24, 2.45) is 0 Å². The van der Waals surface area contributed by atoms with Gasteiger partial charge in [-0.15, -0.1) is 0 Å². The monoisotopic (exact) mass is 180 g/mol. The Morgan fingerprint density at radius 1 is 1.42 bits per heavy atom. The molecule has 1 atom stereocenters. The molecular weight excluding hydrogens is 168 g/mol. The van der Waals surface area contributed by atoms with Crippen molar-refractivity contribution in [3.05, 3.63) is 24.3 Å². The highest BCUT2D eigenvalue weighted by molar-refractivity contribution is 6.32. The van der Waals surface area contributed by atoms with Crippen LogP contribution in [-0.4, -0.2) is 29.6 Å². The van der Waals surface area contributed by atoms with Crippen molar-refractivity contribution in [1.29, 1.82) is 0 Å². The van der Waals surface area contributed by atoms with Crippen molar-refractivity contribution >= 4 is 15.4 Å². The third kappa shape index (κ3) is 2.09. The Labute approximate surface area is 74.9 Å². The first-order valence-corrected chi connectivity index (χ1v) is 5.16. The predicted molar refractivity (Wildman–Crippen MR) is 51.3 cm³/mol. The summed E-state index contributed by atoms with van der Waals surface area (Å²) in [6, 6.07) is 8.25. The molecule has 0 bridgehead atoms. The van der Waals surface area contributed by atoms with Gasteiger partial charge in [0.2, 0.25) is 0 Å². The summed E-state index contributed by atoms with van der Waals surface area (Å²) in [5.74, 6) is 0.949. The minimum Gasteiger partial charge on any atom is -0.491 e. The predicted octanol–water partition coefficient (Wildman–Crippen LogP) is -0.545. The lowest BCUT2D eigenvalue weighted by molar-refractivity contribution is 0.263. The molecule has 2 rings (SSSR count). The van der Waals surface area contributed by atoms with Crippen LogP contribution in [0.5, 0.6) is 5.75 Å². The molecule has 2 nitrogen and oxygen atoms in total. The zero-order valence-corrected chi connectivity index (χ0v) is 9.12. The van der Waals surface area contributed by atoms with E-state index < -0.39 is 0 Å². The van der Waals surface area contributed by atoms with Gasteiger partial charge < -0.3 is 9.47 Å². The first kappa shape index (κ1) is 7.83. The van der Waals surface area contributed by atoms with E-state index in [1.54, 1.807) is 0 Å². The molecular formula is C9H12O2Si. The highest BCUT2D eigenvalue weighted by atomic mass is 28.1. The maximum atomic E-state index is 5.48. The van der Waals surface area contributed by atoms with Gasteiger partial charge in [-0.2, -0.15) is 0 Å². The lowest BCUT2D eigenvalue weighted by atomic mass is 10.3. The van der Waals surface area contributed by atoms with Crippen LogP contribution in [0.3, 0.4) is 0 Å². The van der Waals surface area contributed by atoms with E-state index in [4.69, 9.17) is 9.47 Å². The van der Waals surface area contributed by atoms with Crippen molar-refractivity contribution in [3.8, 4) is 5.75 Å².